The first-order chi connectivity index (χ1) is 24.8. The summed E-state index contributed by atoms with van der Waals surface area (Å²) in [6.45, 7) is 5.34. The van der Waals surface area contributed by atoms with Gasteiger partial charge in [0.15, 0.2) is 4.34 Å². The summed E-state index contributed by atoms with van der Waals surface area (Å²) in [4.78, 5) is 90.2. The molecular weight excluding hydrogens is 709 g/mol. The summed E-state index contributed by atoms with van der Waals surface area (Å²) in [6.07, 6.45) is 4.99. The number of nitrogens with one attached hydrogen (secondary N) is 6. The maximum atomic E-state index is 13.5. The zero-order valence-electron chi connectivity index (χ0n) is 30.3. The summed E-state index contributed by atoms with van der Waals surface area (Å²) in [5.74, 6) is -1.94. The summed E-state index contributed by atoms with van der Waals surface area (Å²) in [5.41, 5.74) is 6.55. The molecule has 1 heterocycles. The first kappa shape index (κ1) is 43.9. The Morgan fingerprint density at radius 3 is 1.73 bits per heavy atom. The molecule has 0 aliphatic rings. The maximum Gasteiger partial charge on any atom is 0.243 e. The number of carbonyl (C=O) groups is 7. The lowest BCUT2D eigenvalue weighted by Gasteiger charge is -2.25. The van der Waals surface area contributed by atoms with E-state index in [-0.39, 0.29) is 37.0 Å². The molecule has 2 aromatic rings. The first-order valence-corrected chi connectivity index (χ1v) is 19.6. The highest BCUT2D eigenvalue weighted by atomic mass is 32.2. The van der Waals surface area contributed by atoms with Crippen molar-refractivity contribution in [3.05, 3.63) is 24.3 Å². The minimum absolute atomic E-state index is 0.0769. The van der Waals surface area contributed by atoms with Gasteiger partial charge in [-0.25, -0.2) is 4.98 Å². The Labute approximate surface area is 313 Å². The van der Waals surface area contributed by atoms with Crippen LogP contribution in [-0.4, -0.2) is 89.8 Å². The average Bonchev–Trinajstić information content (AvgIpc) is 3.50. The Hall–Kier alpha value is -4.25. The quantitative estimate of drug-likeness (QED) is 0.0549. The number of carbonyl (C=O) groups excluding carboxylic acids is 7. The van der Waals surface area contributed by atoms with Crippen molar-refractivity contribution < 1.29 is 33.6 Å². The SMILES string of the molecule is CC(=O)NCCCC[C@H](NC(=O)[C@H](CCCCNC(=O)CCCSc1nc2ccccc2s1)NC(=O)[C@H](CCCCNC(C)=O)NC(C)=O)C(N)=O. The predicted octanol–water partition coefficient (Wildman–Crippen LogP) is 2.03. The minimum atomic E-state index is -1.04. The van der Waals surface area contributed by atoms with E-state index in [1.54, 1.807) is 23.1 Å². The number of hydrogen-bond donors (Lipinski definition) is 7. The molecule has 0 aliphatic heterocycles. The van der Waals surface area contributed by atoms with E-state index in [0.29, 0.717) is 71.0 Å². The molecule has 3 atom stereocenters. The van der Waals surface area contributed by atoms with Crippen LogP contribution in [0.3, 0.4) is 0 Å². The lowest BCUT2D eigenvalue weighted by Crippen LogP contribution is -2.56. The van der Waals surface area contributed by atoms with Crippen LogP contribution >= 0.6 is 23.1 Å². The number of rotatable bonds is 26. The molecule has 1 aromatic carbocycles. The third kappa shape index (κ3) is 18.8. The number of amides is 7. The molecule has 2 rings (SSSR count). The lowest BCUT2D eigenvalue weighted by molar-refractivity contribution is -0.133. The van der Waals surface area contributed by atoms with Gasteiger partial charge in [-0.05, 0) is 76.3 Å². The van der Waals surface area contributed by atoms with E-state index in [1.165, 1.54) is 20.8 Å². The van der Waals surface area contributed by atoms with Crippen LogP contribution in [0.1, 0.15) is 91.4 Å². The second-order valence-electron chi connectivity index (χ2n) is 12.5. The number of benzene rings is 1. The number of hydrogen-bond acceptors (Lipinski definition) is 10. The lowest BCUT2D eigenvalue weighted by atomic mass is 10.0. The molecule has 17 heteroatoms. The van der Waals surface area contributed by atoms with Gasteiger partial charge in [-0.15, -0.1) is 11.3 Å². The van der Waals surface area contributed by atoms with Gasteiger partial charge in [0.05, 0.1) is 10.2 Å². The van der Waals surface area contributed by atoms with Gasteiger partial charge in [0.1, 0.15) is 18.1 Å². The Morgan fingerprint density at radius 2 is 1.19 bits per heavy atom. The number of para-hydroxylation sites is 1. The van der Waals surface area contributed by atoms with Crippen molar-refractivity contribution in [2.75, 3.05) is 25.4 Å². The standard InChI is InChI=1S/C35H54N8O7S2/c1-23(44)37-19-9-6-14-27(32(36)48)41-34(50)29(42-33(49)28(40-25(3)46)15-7-10-20-38-24(2)45)16-8-11-21-39-31(47)18-12-22-51-35-43-26-13-4-5-17-30(26)52-35/h4-5,13,17,27-29H,6-12,14-16,18-22H2,1-3H3,(H2,36,48)(H,37,44)(H,38,45)(H,39,47)(H,40,46)(H,41,50)(H,42,49)/t27-,28-,29-/m0/s1. The second kappa shape index (κ2) is 24.9. The summed E-state index contributed by atoms with van der Waals surface area (Å²) in [7, 11) is 0. The summed E-state index contributed by atoms with van der Waals surface area (Å²) < 4.78 is 2.11. The number of nitrogens with two attached hydrogens (primary N) is 1. The molecule has 0 bridgehead atoms. The van der Waals surface area contributed by atoms with Gasteiger partial charge >= 0.3 is 0 Å². The van der Waals surface area contributed by atoms with Crippen LogP contribution in [0.4, 0.5) is 0 Å². The molecule has 1 aromatic heterocycles. The molecule has 288 valence electrons. The van der Waals surface area contributed by atoms with Crippen LogP contribution in [0.2, 0.25) is 0 Å². The Balaban J connectivity index is 1.91. The number of nitrogens with zero attached hydrogens (tertiary/aromatic N) is 1. The van der Waals surface area contributed by atoms with E-state index < -0.39 is 41.8 Å². The van der Waals surface area contributed by atoms with Crippen molar-refractivity contribution in [2.45, 2.75) is 114 Å². The number of primary amides is 1. The average molecular weight is 763 g/mol. The maximum absolute atomic E-state index is 13.5. The summed E-state index contributed by atoms with van der Waals surface area (Å²) in [6, 6.07) is 5.00. The summed E-state index contributed by atoms with van der Waals surface area (Å²) in [5, 5.41) is 16.3. The van der Waals surface area contributed by atoms with Crippen molar-refractivity contribution in [1.82, 2.24) is 36.9 Å². The topological polar surface area (TPSA) is 231 Å². The van der Waals surface area contributed by atoms with Crippen LogP contribution in [0.5, 0.6) is 0 Å². The summed E-state index contributed by atoms with van der Waals surface area (Å²) >= 11 is 3.26. The van der Waals surface area contributed by atoms with Crippen LogP contribution in [0.15, 0.2) is 28.6 Å². The second-order valence-corrected chi connectivity index (χ2v) is 14.9. The fourth-order valence-electron chi connectivity index (χ4n) is 5.18. The highest BCUT2D eigenvalue weighted by Gasteiger charge is 2.28. The van der Waals surface area contributed by atoms with Crippen molar-refractivity contribution >= 4 is 74.7 Å². The zero-order chi connectivity index (χ0) is 38.3. The first-order valence-electron chi connectivity index (χ1n) is 17.8. The monoisotopic (exact) mass is 762 g/mol. The van der Waals surface area contributed by atoms with Gasteiger partial charge in [0.2, 0.25) is 41.4 Å². The molecule has 8 N–H and O–H groups in total. The minimum Gasteiger partial charge on any atom is -0.368 e. The van der Waals surface area contributed by atoms with Crippen molar-refractivity contribution in [2.24, 2.45) is 5.73 Å². The van der Waals surface area contributed by atoms with E-state index in [0.717, 1.165) is 20.3 Å². The van der Waals surface area contributed by atoms with Crippen molar-refractivity contribution in [3.63, 3.8) is 0 Å². The number of thiazole rings is 1. The van der Waals surface area contributed by atoms with E-state index in [4.69, 9.17) is 5.73 Å². The van der Waals surface area contributed by atoms with Crippen LogP contribution < -0.4 is 37.6 Å². The third-order valence-electron chi connectivity index (χ3n) is 7.86. The normalized spacial score (nSPS) is 12.6. The van der Waals surface area contributed by atoms with Crippen molar-refractivity contribution in [1.29, 1.82) is 0 Å². The molecule has 0 radical (unpaired) electrons. The third-order valence-corrected chi connectivity index (χ3v) is 10.1. The van der Waals surface area contributed by atoms with Gasteiger partial charge in [-0.1, -0.05) is 23.9 Å². The van der Waals surface area contributed by atoms with E-state index in [1.807, 2.05) is 24.3 Å². The molecule has 52 heavy (non-hydrogen) atoms. The van der Waals surface area contributed by atoms with E-state index >= 15 is 0 Å². The fourth-order valence-corrected chi connectivity index (χ4v) is 7.26. The molecule has 0 unspecified atom stereocenters. The number of unbranched alkanes of at least 4 members (excludes halogenated alkanes) is 3. The van der Waals surface area contributed by atoms with Gasteiger partial charge < -0.3 is 37.6 Å². The number of thioether (sulfide) groups is 1. The van der Waals surface area contributed by atoms with Gasteiger partial charge in [0, 0.05) is 52.6 Å². The van der Waals surface area contributed by atoms with Crippen LogP contribution in [0, 0.1) is 0 Å². The largest absolute Gasteiger partial charge is 0.368 e. The van der Waals surface area contributed by atoms with E-state index in [9.17, 15) is 33.6 Å². The van der Waals surface area contributed by atoms with Crippen LogP contribution in [0.25, 0.3) is 10.2 Å². The van der Waals surface area contributed by atoms with Crippen LogP contribution in [-0.2, 0) is 33.6 Å². The van der Waals surface area contributed by atoms with Gasteiger partial charge in [0.25, 0.3) is 0 Å². The van der Waals surface area contributed by atoms with Crippen molar-refractivity contribution in [3.8, 4) is 0 Å². The Bertz CT molecular complexity index is 1460. The number of fused-ring (bicyclic) bond motifs is 1. The number of aromatic nitrogens is 1. The molecule has 7 amide bonds. The molecule has 0 spiro atoms. The molecular formula is C35H54N8O7S2. The zero-order valence-corrected chi connectivity index (χ0v) is 32.0. The molecule has 0 saturated heterocycles. The molecule has 0 aliphatic carbocycles. The van der Waals surface area contributed by atoms with Gasteiger partial charge in [-0.3, -0.25) is 33.6 Å². The van der Waals surface area contributed by atoms with E-state index in [2.05, 4.69) is 36.9 Å². The Morgan fingerprint density at radius 1 is 0.673 bits per heavy atom. The Kier molecular flexibility index (Phi) is 21.0. The fraction of sp³-hybridized carbons (Fsp3) is 0.600. The predicted molar refractivity (Wildman–Crippen MR) is 202 cm³/mol. The highest BCUT2D eigenvalue weighted by Crippen LogP contribution is 2.29. The highest BCUT2D eigenvalue weighted by molar-refractivity contribution is 8.01. The molecule has 0 saturated carbocycles. The molecule has 15 nitrogen and oxygen atoms in total. The molecule has 0 fully saturated rings. The smallest absolute Gasteiger partial charge is 0.243 e. The van der Waals surface area contributed by atoms with Gasteiger partial charge in [-0.2, -0.15) is 0 Å².